The molecule has 1 saturated carbocycles. The van der Waals surface area contributed by atoms with Crippen LogP contribution in [-0.4, -0.2) is 16.9 Å². The van der Waals surface area contributed by atoms with Gasteiger partial charge in [0.25, 0.3) is 0 Å². The molecule has 0 radical (unpaired) electrons. The summed E-state index contributed by atoms with van der Waals surface area (Å²) in [6.45, 7) is 0.388. The second-order valence-corrected chi connectivity index (χ2v) is 5.39. The lowest BCUT2D eigenvalue weighted by atomic mass is 9.82. The first-order valence-corrected chi connectivity index (χ1v) is 6.72. The zero-order valence-corrected chi connectivity index (χ0v) is 10.9. The molecule has 104 valence electrons. The molecule has 2 aliphatic rings. The fraction of sp³-hybridized carbons (Fsp3) is 0.400. The first kappa shape index (κ1) is 12.8. The molecule has 0 saturated heterocycles. The van der Waals surface area contributed by atoms with Gasteiger partial charge in [-0.25, -0.2) is 0 Å². The Balaban J connectivity index is 1.68. The number of nitrogens with one attached hydrogen (secondary N) is 1. The lowest BCUT2D eigenvalue weighted by Gasteiger charge is -2.27. The topological polar surface area (TPSA) is 82.1 Å². The van der Waals surface area contributed by atoms with E-state index >= 15 is 0 Å². The molecule has 2 aliphatic carbocycles. The normalized spacial score (nSPS) is 30.4. The Morgan fingerprint density at radius 1 is 1.20 bits per heavy atom. The molecule has 2 bridgehead atoms. The smallest absolute Gasteiger partial charge is 0.224 e. The van der Waals surface area contributed by atoms with E-state index in [1.165, 1.54) is 0 Å². The van der Waals surface area contributed by atoms with E-state index in [2.05, 4.69) is 10.3 Å². The van der Waals surface area contributed by atoms with Gasteiger partial charge in [-0.15, -0.1) is 0 Å². The lowest BCUT2D eigenvalue weighted by Crippen LogP contribution is -2.44. The minimum Gasteiger partial charge on any atom is -0.550 e. The molecule has 1 amide bonds. The molecule has 3 rings (SSSR count). The van der Waals surface area contributed by atoms with Crippen LogP contribution in [0.4, 0.5) is 0 Å². The van der Waals surface area contributed by atoms with Crippen LogP contribution in [-0.2, 0) is 16.1 Å². The van der Waals surface area contributed by atoms with Crippen molar-refractivity contribution in [1.29, 1.82) is 0 Å². The summed E-state index contributed by atoms with van der Waals surface area (Å²) in [7, 11) is 0. The van der Waals surface area contributed by atoms with Gasteiger partial charge in [0.15, 0.2) is 0 Å². The third-order valence-electron chi connectivity index (χ3n) is 4.25. The van der Waals surface area contributed by atoms with Crippen molar-refractivity contribution < 1.29 is 14.7 Å². The van der Waals surface area contributed by atoms with Crippen LogP contribution in [0.15, 0.2) is 36.7 Å². The summed E-state index contributed by atoms with van der Waals surface area (Å²) in [6, 6.07) is 3.63. The molecular weight excluding hydrogens is 256 g/mol. The summed E-state index contributed by atoms with van der Waals surface area (Å²) >= 11 is 0. The highest BCUT2D eigenvalue weighted by molar-refractivity contribution is 5.86. The number of nitrogens with zero attached hydrogens (tertiary/aromatic N) is 1. The van der Waals surface area contributed by atoms with Gasteiger partial charge in [0, 0.05) is 30.8 Å². The van der Waals surface area contributed by atoms with E-state index < -0.39 is 17.8 Å². The van der Waals surface area contributed by atoms with Crippen LogP contribution in [0.25, 0.3) is 0 Å². The van der Waals surface area contributed by atoms with Crippen molar-refractivity contribution in [3.63, 3.8) is 0 Å². The largest absolute Gasteiger partial charge is 0.550 e. The first-order chi connectivity index (χ1) is 9.66. The van der Waals surface area contributed by atoms with Crippen molar-refractivity contribution in [2.45, 2.75) is 13.0 Å². The summed E-state index contributed by atoms with van der Waals surface area (Å²) in [5.41, 5.74) is 0.942. The number of hydrogen-bond acceptors (Lipinski definition) is 4. The number of amides is 1. The number of carboxylic acids is 1. The molecule has 5 nitrogen and oxygen atoms in total. The van der Waals surface area contributed by atoms with Crippen molar-refractivity contribution in [1.82, 2.24) is 10.3 Å². The van der Waals surface area contributed by atoms with Gasteiger partial charge < -0.3 is 15.2 Å². The van der Waals surface area contributed by atoms with Crippen LogP contribution < -0.4 is 10.4 Å². The molecule has 1 fully saturated rings. The Morgan fingerprint density at radius 3 is 2.50 bits per heavy atom. The number of carboxylic acid groups (broad SMARTS) is 1. The van der Waals surface area contributed by atoms with Crippen LogP contribution in [0.3, 0.4) is 0 Å². The van der Waals surface area contributed by atoms with Crippen LogP contribution in [0.2, 0.25) is 0 Å². The quantitative estimate of drug-likeness (QED) is 0.774. The predicted molar refractivity (Wildman–Crippen MR) is 68.8 cm³/mol. The van der Waals surface area contributed by atoms with E-state index in [4.69, 9.17) is 0 Å². The van der Waals surface area contributed by atoms with E-state index in [1.54, 1.807) is 12.4 Å². The van der Waals surface area contributed by atoms with Crippen LogP contribution >= 0.6 is 0 Å². The van der Waals surface area contributed by atoms with Crippen molar-refractivity contribution >= 4 is 11.9 Å². The maximum absolute atomic E-state index is 12.3. The number of pyridine rings is 1. The van der Waals surface area contributed by atoms with Crippen LogP contribution in [0.5, 0.6) is 0 Å². The third-order valence-corrected chi connectivity index (χ3v) is 4.25. The third kappa shape index (κ3) is 2.19. The van der Waals surface area contributed by atoms with Crippen molar-refractivity contribution in [2.75, 3.05) is 0 Å². The molecule has 1 heterocycles. The van der Waals surface area contributed by atoms with Crippen LogP contribution in [0, 0.1) is 23.7 Å². The van der Waals surface area contributed by atoms with Gasteiger partial charge in [0.1, 0.15) is 0 Å². The average molecular weight is 271 g/mol. The van der Waals surface area contributed by atoms with E-state index in [0.717, 1.165) is 12.0 Å². The average Bonchev–Trinajstić information content (AvgIpc) is 3.06. The summed E-state index contributed by atoms with van der Waals surface area (Å²) < 4.78 is 0. The molecule has 1 N–H and O–H groups in total. The molecule has 0 spiro atoms. The Bertz CT molecular complexity index is 555. The highest BCUT2D eigenvalue weighted by atomic mass is 16.4. The molecule has 0 aliphatic heterocycles. The minimum absolute atomic E-state index is 0.0281. The molecule has 5 heteroatoms. The number of aromatic nitrogens is 1. The predicted octanol–water partition coefficient (Wildman–Crippen LogP) is -0.114. The Morgan fingerprint density at radius 2 is 1.85 bits per heavy atom. The second kappa shape index (κ2) is 5.07. The number of aliphatic carboxylic acids is 1. The van der Waals surface area contributed by atoms with Crippen molar-refractivity contribution in [3.05, 3.63) is 42.2 Å². The lowest BCUT2D eigenvalue weighted by molar-refractivity contribution is -0.313. The number of carbonyl (C=O) groups is 2. The van der Waals surface area contributed by atoms with Gasteiger partial charge in [-0.05, 0) is 36.0 Å². The van der Waals surface area contributed by atoms with E-state index in [0.29, 0.717) is 6.54 Å². The number of fused-ring (bicyclic) bond motifs is 2. The van der Waals surface area contributed by atoms with E-state index in [-0.39, 0.29) is 17.7 Å². The molecular formula is C15H15N2O3-. The maximum atomic E-state index is 12.3. The van der Waals surface area contributed by atoms with E-state index in [1.807, 2.05) is 24.3 Å². The number of carbonyl (C=O) groups excluding carboxylic acids is 2. The Hall–Kier alpha value is -2.17. The van der Waals surface area contributed by atoms with Gasteiger partial charge in [-0.1, -0.05) is 12.2 Å². The maximum Gasteiger partial charge on any atom is 0.224 e. The highest BCUT2D eigenvalue weighted by Gasteiger charge is 2.48. The fourth-order valence-electron chi connectivity index (χ4n) is 3.31. The van der Waals surface area contributed by atoms with Crippen molar-refractivity contribution in [3.8, 4) is 0 Å². The molecule has 0 aromatic carbocycles. The molecule has 4 atom stereocenters. The van der Waals surface area contributed by atoms with Gasteiger partial charge in [0.2, 0.25) is 5.91 Å². The molecule has 0 unspecified atom stereocenters. The second-order valence-electron chi connectivity index (χ2n) is 5.39. The Kier molecular flexibility index (Phi) is 3.26. The fourth-order valence-corrected chi connectivity index (χ4v) is 3.31. The van der Waals surface area contributed by atoms with E-state index in [9.17, 15) is 14.7 Å². The number of hydrogen-bond donors (Lipinski definition) is 1. The summed E-state index contributed by atoms with van der Waals surface area (Å²) in [6.07, 6.45) is 7.92. The SMILES string of the molecule is O=C([O-])[C@H]1[C@H](C(=O)NCc2ccncc2)[C@H]2C=C[C@@H]1C2. The summed E-state index contributed by atoms with van der Waals surface area (Å²) in [5.74, 6) is -2.54. The van der Waals surface area contributed by atoms with Gasteiger partial charge in [0.05, 0.1) is 5.92 Å². The van der Waals surface area contributed by atoms with Crippen molar-refractivity contribution in [2.24, 2.45) is 23.7 Å². The molecule has 20 heavy (non-hydrogen) atoms. The molecule has 1 aromatic heterocycles. The van der Waals surface area contributed by atoms with Gasteiger partial charge in [-0.2, -0.15) is 0 Å². The van der Waals surface area contributed by atoms with Gasteiger partial charge >= 0.3 is 0 Å². The molecule has 1 aromatic rings. The zero-order valence-electron chi connectivity index (χ0n) is 10.9. The summed E-state index contributed by atoms with van der Waals surface area (Å²) in [5, 5.41) is 14.1. The monoisotopic (exact) mass is 271 g/mol. The minimum atomic E-state index is -1.12. The van der Waals surface area contributed by atoms with Gasteiger partial charge in [-0.3, -0.25) is 9.78 Å². The number of allylic oxidation sites excluding steroid dienone is 2. The Labute approximate surface area is 116 Å². The standard InChI is InChI=1S/C15H16N2O3/c18-14(17-8-9-3-5-16-6-4-9)12-10-1-2-11(7-10)13(12)15(19)20/h1-6,10-13H,7-8H2,(H,17,18)(H,19,20)/p-1/t10-,11+,12+,13+/m0/s1. The zero-order chi connectivity index (χ0) is 14.1. The van der Waals surface area contributed by atoms with Crippen LogP contribution in [0.1, 0.15) is 12.0 Å². The summed E-state index contributed by atoms with van der Waals surface area (Å²) in [4.78, 5) is 27.4. The first-order valence-electron chi connectivity index (χ1n) is 6.72. The highest BCUT2D eigenvalue weighted by Crippen LogP contribution is 2.47. The number of rotatable bonds is 4.